The highest BCUT2D eigenvalue weighted by Crippen LogP contribution is 2.25. The minimum atomic E-state index is -0.799. The zero-order valence-corrected chi connectivity index (χ0v) is 8.24. The molecule has 1 aromatic carbocycles. The molecule has 0 saturated heterocycles. The van der Waals surface area contributed by atoms with E-state index in [1.165, 1.54) is 0 Å². The molecule has 0 saturated carbocycles. The Morgan fingerprint density at radius 1 is 1.43 bits per heavy atom. The number of carbonyl (C=O) groups excluding carboxylic acids is 1. The molecule has 0 aliphatic rings. The number of nitriles is 1. The van der Waals surface area contributed by atoms with Gasteiger partial charge in [-0.3, -0.25) is 4.79 Å². The molecule has 0 fully saturated rings. The molecule has 14 heavy (non-hydrogen) atoms. The summed E-state index contributed by atoms with van der Waals surface area (Å²) in [5, 5.41) is 8.86. The number of nitrogens with two attached hydrogens (primary N) is 1. The smallest absolute Gasteiger partial charge is 0.227 e. The first-order valence-corrected chi connectivity index (χ1v) is 4.29. The number of benzene rings is 1. The average molecular weight is 188 g/mol. The molecule has 0 aliphatic carbocycles. The highest BCUT2D eigenvalue weighted by molar-refractivity contribution is 5.86. The molecule has 1 amide bonds. The molecule has 3 nitrogen and oxygen atoms in total. The van der Waals surface area contributed by atoms with Crippen LogP contribution in [0.5, 0.6) is 0 Å². The average Bonchev–Trinajstić information content (AvgIpc) is 2.17. The largest absolute Gasteiger partial charge is 0.369 e. The van der Waals surface area contributed by atoms with Gasteiger partial charge < -0.3 is 5.73 Å². The number of rotatable bonds is 2. The Morgan fingerprint density at radius 2 is 2.00 bits per heavy atom. The van der Waals surface area contributed by atoms with Crippen molar-refractivity contribution in [3.8, 4) is 6.07 Å². The lowest BCUT2D eigenvalue weighted by Gasteiger charge is -2.21. The van der Waals surface area contributed by atoms with E-state index in [1.807, 2.05) is 6.07 Å². The lowest BCUT2D eigenvalue weighted by molar-refractivity contribution is -0.122. The Kier molecular flexibility index (Phi) is 2.57. The maximum absolute atomic E-state index is 11.2. The van der Waals surface area contributed by atoms with Gasteiger partial charge in [0.1, 0.15) is 0 Å². The van der Waals surface area contributed by atoms with Crippen LogP contribution in [-0.4, -0.2) is 5.91 Å². The van der Waals surface area contributed by atoms with E-state index >= 15 is 0 Å². The summed E-state index contributed by atoms with van der Waals surface area (Å²) in [6, 6.07) is 9.04. The molecule has 0 radical (unpaired) electrons. The lowest BCUT2D eigenvalue weighted by Crippen LogP contribution is -2.36. The fourth-order valence-electron chi connectivity index (χ4n) is 1.26. The third-order valence-corrected chi connectivity index (χ3v) is 2.34. The molecule has 0 heterocycles. The van der Waals surface area contributed by atoms with Crippen LogP contribution >= 0.6 is 0 Å². The van der Waals surface area contributed by atoms with Crippen LogP contribution in [-0.2, 0) is 10.2 Å². The molecule has 1 aromatic rings. The van der Waals surface area contributed by atoms with Crippen LogP contribution in [0.15, 0.2) is 24.3 Å². The van der Waals surface area contributed by atoms with Crippen molar-refractivity contribution in [2.24, 2.45) is 5.73 Å². The van der Waals surface area contributed by atoms with E-state index in [9.17, 15) is 4.79 Å². The number of hydrogen-bond acceptors (Lipinski definition) is 2. The summed E-state index contributed by atoms with van der Waals surface area (Å²) in [4.78, 5) is 11.2. The lowest BCUT2D eigenvalue weighted by atomic mass is 9.81. The minimum Gasteiger partial charge on any atom is -0.369 e. The molecule has 0 spiro atoms. The van der Waals surface area contributed by atoms with Gasteiger partial charge in [0.15, 0.2) is 0 Å². The standard InChI is InChI=1S/C11H12N2O/c1-11(2,10(13)14)9-6-4-3-5-8(9)7-12/h3-6H,1-2H3,(H2,13,14). The fourth-order valence-corrected chi connectivity index (χ4v) is 1.26. The van der Waals surface area contributed by atoms with Gasteiger partial charge in [0.25, 0.3) is 0 Å². The van der Waals surface area contributed by atoms with Gasteiger partial charge in [-0.25, -0.2) is 0 Å². The summed E-state index contributed by atoms with van der Waals surface area (Å²) < 4.78 is 0. The Labute approximate surface area is 83.2 Å². The van der Waals surface area contributed by atoms with Crippen molar-refractivity contribution < 1.29 is 4.79 Å². The van der Waals surface area contributed by atoms with Crippen LogP contribution in [0.3, 0.4) is 0 Å². The summed E-state index contributed by atoms with van der Waals surface area (Å²) in [5.41, 5.74) is 5.65. The van der Waals surface area contributed by atoms with Crippen LogP contribution in [0.25, 0.3) is 0 Å². The molecular formula is C11H12N2O. The molecule has 0 unspecified atom stereocenters. The van der Waals surface area contributed by atoms with E-state index in [1.54, 1.807) is 38.1 Å². The molecule has 1 rings (SSSR count). The van der Waals surface area contributed by atoms with Crippen molar-refractivity contribution in [2.75, 3.05) is 0 Å². The SMILES string of the molecule is CC(C)(C(N)=O)c1ccccc1C#N. The molecule has 0 aliphatic heterocycles. The zero-order chi connectivity index (χ0) is 10.8. The van der Waals surface area contributed by atoms with E-state index in [-0.39, 0.29) is 0 Å². The molecular weight excluding hydrogens is 176 g/mol. The van der Waals surface area contributed by atoms with Crippen LogP contribution in [0.4, 0.5) is 0 Å². The summed E-state index contributed by atoms with van der Waals surface area (Å²) in [7, 11) is 0. The highest BCUT2D eigenvalue weighted by Gasteiger charge is 2.29. The number of amides is 1. The number of primary amides is 1. The zero-order valence-electron chi connectivity index (χ0n) is 8.24. The van der Waals surface area contributed by atoms with Crippen LogP contribution in [0.1, 0.15) is 25.0 Å². The Morgan fingerprint density at radius 3 is 2.50 bits per heavy atom. The van der Waals surface area contributed by atoms with E-state index < -0.39 is 11.3 Å². The predicted octanol–water partition coefficient (Wildman–Crippen LogP) is 1.32. The number of nitrogens with zero attached hydrogens (tertiary/aromatic N) is 1. The Bertz CT molecular complexity index is 402. The van der Waals surface area contributed by atoms with Gasteiger partial charge in [-0.15, -0.1) is 0 Å². The second-order valence-electron chi connectivity index (χ2n) is 3.65. The van der Waals surface area contributed by atoms with Crippen molar-refractivity contribution in [3.05, 3.63) is 35.4 Å². The first kappa shape index (κ1) is 10.3. The van der Waals surface area contributed by atoms with Gasteiger partial charge in [-0.2, -0.15) is 5.26 Å². The first-order valence-electron chi connectivity index (χ1n) is 4.29. The minimum absolute atomic E-state index is 0.430. The van der Waals surface area contributed by atoms with E-state index in [0.717, 1.165) is 0 Å². The molecule has 0 aromatic heterocycles. The quantitative estimate of drug-likeness (QED) is 0.760. The van der Waals surface area contributed by atoms with Crippen LogP contribution < -0.4 is 5.73 Å². The summed E-state index contributed by atoms with van der Waals surface area (Å²) in [6.45, 7) is 3.43. The second kappa shape index (κ2) is 3.51. The van der Waals surface area contributed by atoms with Crippen LogP contribution in [0.2, 0.25) is 0 Å². The van der Waals surface area contributed by atoms with Gasteiger partial charge in [0, 0.05) is 0 Å². The maximum Gasteiger partial charge on any atom is 0.227 e. The van der Waals surface area contributed by atoms with Crippen molar-refractivity contribution in [1.29, 1.82) is 5.26 Å². The van der Waals surface area contributed by atoms with E-state index in [2.05, 4.69) is 0 Å². The van der Waals surface area contributed by atoms with Crippen molar-refractivity contribution in [1.82, 2.24) is 0 Å². The Hall–Kier alpha value is -1.82. The highest BCUT2D eigenvalue weighted by atomic mass is 16.1. The monoisotopic (exact) mass is 188 g/mol. The van der Waals surface area contributed by atoms with Crippen LogP contribution in [0, 0.1) is 11.3 Å². The predicted molar refractivity (Wildman–Crippen MR) is 53.4 cm³/mol. The second-order valence-corrected chi connectivity index (χ2v) is 3.65. The van der Waals surface area contributed by atoms with Gasteiger partial charge in [-0.1, -0.05) is 18.2 Å². The fraction of sp³-hybridized carbons (Fsp3) is 0.273. The topological polar surface area (TPSA) is 66.9 Å². The first-order chi connectivity index (χ1) is 6.50. The molecule has 3 heteroatoms. The molecule has 0 bridgehead atoms. The van der Waals surface area contributed by atoms with E-state index in [0.29, 0.717) is 11.1 Å². The maximum atomic E-state index is 11.2. The number of carbonyl (C=O) groups is 1. The summed E-state index contributed by atoms with van der Waals surface area (Å²) >= 11 is 0. The summed E-state index contributed by atoms with van der Waals surface area (Å²) in [5.74, 6) is -0.430. The Balaban J connectivity index is 3.33. The summed E-state index contributed by atoms with van der Waals surface area (Å²) in [6.07, 6.45) is 0. The molecule has 72 valence electrons. The number of hydrogen-bond donors (Lipinski definition) is 1. The van der Waals surface area contributed by atoms with Gasteiger partial charge >= 0.3 is 0 Å². The van der Waals surface area contributed by atoms with Crippen molar-refractivity contribution >= 4 is 5.91 Å². The molecule has 0 atom stereocenters. The van der Waals surface area contributed by atoms with Gasteiger partial charge in [-0.05, 0) is 25.5 Å². The van der Waals surface area contributed by atoms with Crippen molar-refractivity contribution in [2.45, 2.75) is 19.3 Å². The third-order valence-electron chi connectivity index (χ3n) is 2.34. The van der Waals surface area contributed by atoms with E-state index in [4.69, 9.17) is 11.0 Å². The van der Waals surface area contributed by atoms with Gasteiger partial charge in [0.2, 0.25) is 5.91 Å². The molecule has 2 N–H and O–H groups in total. The van der Waals surface area contributed by atoms with Crippen molar-refractivity contribution in [3.63, 3.8) is 0 Å². The third kappa shape index (κ3) is 1.60. The van der Waals surface area contributed by atoms with Gasteiger partial charge in [0.05, 0.1) is 17.0 Å². The normalized spacial score (nSPS) is 10.6.